The van der Waals surface area contributed by atoms with Gasteiger partial charge in [-0.05, 0) is 6.07 Å². The molecule has 2 aromatic rings. The predicted octanol–water partition coefficient (Wildman–Crippen LogP) is 0.587. The number of nitrogens with zero attached hydrogens (tertiary/aromatic N) is 1. The van der Waals surface area contributed by atoms with Gasteiger partial charge in [0.05, 0.1) is 11.7 Å². The normalized spacial score (nSPS) is 8.92. The number of aromatic nitrogens is 2. The van der Waals surface area contributed by atoms with Gasteiger partial charge < -0.3 is 11.5 Å². The number of hydrogen-bond donors (Lipinski definition) is 3. The Kier molecular flexibility index (Phi) is 2.86. The molecule has 1 aromatic carbocycles. The molecule has 0 aliphatic carbocycles. The second kappa shape index (κ2) is 4.10. The highest BCUT2D eigenvalue weighted by molar-refractivity contribution is 5.77. The molecule has 5 nitrogen and oxygen atoms in total. The van der Waals surface area contributed by atoms with E-state index in [4.69, 9.17) is 4.79 Å². The molecule has 0 bridgehead atoms. The van der Waals surface area contributed by atoms with Gasteiger partial charge in [-0.2, -0.15) is 5.10 Å². The second-order valence-electron chi connectivity index (χ2n) is 2.36. The predicted molar refractivity (Wildman–Crippen MR) is 49.9 cm³/mol. The summed E-state index contributed by atoms with van der Waals surface area (Å²) in [5.41, 5.74) is 9.59. The monoisotopic (exact) mass is 178 g/mol. The van der Waals surface area contributed by atoms with Crippen LogP contribution in [0.1, 0.15) is 0 Å². The lowest BCUT2D eigenvalue weighted by atomic mass is 10.3. The van der Waals surface area contributed by atoms with E-state index in [1.54, 1.807) is 0 Å². The van der Waals surface area contributed by atoms with Gasteiger partial charge in [-0.15, -0.1) is 0 Å². The van der Waals surface area contributed by atoms with Crippen LogP contribution in [0.3, 0.4) is 0 Å². The van der Waals surface area contributed by atoms with E-state index < -0.39 is 6.03 Å². The summed E-state index contributed by atoms with van der Waals surface area (Å²) < 4.78 is 0. The Morgan fingerprint density at radius 3 is 2.54 bits per heavy atom. The summed E-state index contributed by atoms with van der Waals surface area (Å²) in [6, 6.07) is 7.18. The fraction of sp³-hybridized carbons (Fsp3) is 0. The standard InChI is InChI=1S/C7H6N2.CH4N2O/c1-2-4-7-6(3-1)5-8-9-7;2-1(3)4/h1-5H,(H,8,9);(H4,2,3,4). The Balaban J connectivity index is 0.000000184. The van der Waals surface area contributed by atoms with Crippen molar-refractivity contribution in [2.45, 2.75) is 0 Å². The molecule has 0 unspecified atom stereocenters. The lowest BCUT2D eigenvalue weighted by Crippen LogP contribution is -2.18. The molecular weight excluding hydrogens is 168 g/mol. The van der Waals surface area contributed by atoms with Crippen molar-refractivity contribution in [3.05, 3.63) is 30.5 Å². The first-order chi connectivity index (χ1) is 6.20. The number of H-pyrrole nitrogens is 1. The Hall–Kier alpha value is -2.04. The van der Waals surface area contributed by atoms with Gasteiger partial charge in [0.1, 0.15) is 0 Å². The molecule has 1 aromatic heterocycles. The molecule has 5 heteroatoms. The van der Waals surface area contributed by atoms with Crippen molar-refractivity contribution in [2.75, 3.05) is 0 Å². The molecule has 68 valence electrons. The molecule has 2 rings (SSSR count). The maximum absolute atomic E-state index is 9.00. The van der Waals surface area contributed by atoms with E-state index in [0.717, 1.165) is 10.9 Å². The first kappa shape index (κ1) is 9.05. The number of para-hydroxylation sites is 1. The lowest BCUT2D eigenvalue weighted by Gasteiger charge is -1.81. The Labute approximate surface area is 74.7 Å². The van der Waals surface area contributed by atoms with Crippen LogP contribution in [0.25, 0.3) is 10.9 Å². The van der Waals surface area contributed by atoms with E-state index in [0.29, 0.717) is 0 Å². The van der Waals surface area contributed by atoms with E-state index in [1.807, 2.05) is 30.5 Å². The Morgan fingerprint density at radius 2 is 1.92 bits per heavy atom. The highest BCUT2D eigenvalue weighted by Crippen LogP contribution is 2.06. The maximum Gasteiger partial charge on any atom is 0.309 e. The minimum Gasteiger partial charge on any atom is -0.352 e. The number of rotatable bonds is 0. The third kappa shape index (κ3) is 2.82. The van der Waals surface area contributed by atoms with Crippen LogP contribution in [0.5, 0.6) is 0 Å². The van der Waals surface area contributed by atoms with Gasteiger partial charge in [0.25, 0.3) is 0 Å². The highest BCUT2D eigenvalue weighted by atomic mass is 16.2. The van der Waals surface area contributed by atoms with Crippen molar-refractivity contribution in [3.8, 4) is 0 Å². The number of aromatic amines is 1. The second-order valence-corrected chi connectivity index (χ2v) is 2.36. The summed E-state index contributed by atoms with van der Waals surface area (Å²) in [5, 5.41) is 7.91. The van der Waals surface area contributed by atoms with Crippen LogP contribution in [0, 0.1) is 0 Å². The van der Waals surface area contributed by atoms with Gasteiger partial charge in [-0.3, -0.25) is 5.10 Å². The van der Waals surface area contributed by atoms with Crippen LogP contribution in [0.2, 0.25) is 0 Å². The van der Waals surface area contributed by atoms with Crippen LogP contribution >= 0.6 is 0 Å². The topological polar surface area (TPSA) is 97.8 Å². The van der Waals surface area contributed by atoms with Crippen molar-refractivity contribution in [2.24, 2.45) is 11.5 Å². The molecule has 0 saturated carbocycles. The highest BCUT2D eigenvalue weighted by Gasteiger charge is 1.88. The van der Waals surface area contributed by atoms with Crippen molar-refractivity contribution in [1.29, 1.82) is 0 Å². The first-order valence-electron chi connectivity index (χ1n) is 3.63. The number of amides is 2. The average molecular weight is 178 g/mol. The molecule has 0 saturated heterocycles. The molecule has 0 aliphatic rings. The number of carbonyl (C=O) groups excluding carboxylic acids is 1. The molecule has 13 heavy (non-hydrogen) atoms. The maximum atomic E-state index is 9.00. The third-order valence-electron chi connectivity index (χ3n) is 1.35. The smallest absolute Gasteiger partial charge is 0.309 e. The fourth-order valence-corrected chi connectivity index (χ4v) is 0.883. The van der Waals surface area contributed by atoms with E-state index in [-0.39, 0.29) is 0 Å². The van der Waals surface area contributed by atoms with Crippen molar-refractivity contribution >= 4 is 16.9 Å². The minimum atomic E-state index is -0.833. The largest absolute Gasteiger partial charge is 0.352 e. The minimum absolute atomic E-state index is 0.833. The zero-order chi connectivity index (χ0) is 9.68. The van der Waals surface area contributed by atoms with Crippen molar-refractivity contribution in [1.82, 2.24) is 10.2 Å². The summed E-state index contributed by atoms with van der Waals surface area (Å²) >= 11 is 0. The number of hydrogen-bond acceptors (Lipinski definition) is 2. The fourth-order valence-electron chi connectivity index (χ4n) is 0.883. The van der Waals surface area contributed by atoms with E-state index >= 15 is 0 Å². The van der Waals surface area contributed by atoms with Crippen molar-refractivity contribution < 1.29 is 4.79 Å². The molecule has 0 fully saturated rings. The number of nitrogens with one attached hydrogen (secondary N) is 1. The van der Waals surface area contributed by atoms with Crippen LogP contribution in [-0.2, 0) is 0 Å². The average Bonchev–Trinajstić information content (AvgIpc) is 2.49. The quantitative estimate of drug-likeness (QED) is 0.550. The lowest BCUT2D eigenvalue weighted by molar-refractivity contribution is 0.256. The van der Waals surface area contributed by atoms with Gasteiger partial charge >= 0.3 is 6.03 Å². The molecule has 0 radical (unpaired) electrons. The molecule has 0 spiro atoms. The number of nitrogens with two attached hydrogens (primary N) is 2. The Morgan fingerprint density at radius 1 is 1.31 bits per heavy atom. The summed E-state index contributed by atoms with van der Waals surface area (Å²) in [6.45, 7) is 0. The molecular formula is C8H10N4O. The van der Waals surface area contributed by atoms with Gasteiger partial charge in [0.15, 0.2) is 0 Å². The number of fused-ring (bicyclic) bond motifs is 1. The summed E-state index contributed by atoms with van der Waals surface area (Å²) in [4.78, 5) is 9.00. The van der Waals surface area contributed by atoms with Crippen LogP contribution in [0.4, 0.5) is 4.79 Å². The number of carbonyl (C=O) groups is 1. The van der Waals surface area contributed by atoms with Crippen molar-refractivity contribution in [3.63, 3.8) is 0 Å². The van der Waals surface area contributed by atoms with Crippen LogP contribution < -0.4 is 11.5 Å². The number of benzene rings is 1. The van der Waals surface area contributed by atoms with Gasteiger partial charge in [-0.1, -0.05) is 18.2 Å². The van der Waals surface area contributed by atoms with Gasteiger partial charge in [0, 0.05) is 5.39 Å². The summed E-state index contributed by atoms with van der Waals surface area (Å²) in [6.07, 6.45) is 1.81. The zero-order valence-electron chi connectivity index (χ0n) is 6.90. The molecule has 0 aliphatic heterocycles. The molecule has 1 heterocycles. The van der Waals surface area contributed by atoms with E-state index in [2.05, 4.69) is 21.7 Å². The number of primary amides is 2. The molecule has 0 atom stereocenters. The first-order valence-corrected chi connectivity index (χ1v) is 3.63. The summed E-state index contributed by atoms with van der Waals surface area (Å²) in [5.74, 6) is 0. The third-order valence-corrected chi connectivity index (χ3v) is 1.35. The number of urea groups is 1. The van der Waals surface area contributed by atoms with Gasteiger partial charge in [-0.25, -0.2) is 4.79 Å². The molecule has 5 N–H and O–H groups in total. The zero-order valence-corrected chi connectivity index (χ0v) is 6.90. The SMILES string of the molecule is NC(N)=O.c1ccc2[nH]ncc2c1. The Bertz CT molecular complexity index is 361. The van der Waals surface area contributed by atoms with Gasteiger partial charge in [0.2, 0.25) is 0 Å². The van der Waals surface area contributed by atoms with Crippen LogP contribution in [-0.4, -0.2) is 16.2 Å². The van der Waals surface area contributed by atoms with E-state index in [9.17, 15) is 0 Å². The summed E-state index contributed by atoms with van der Waals surface area (Å²) in [7, 11) is 0. The van der Waals surface area contributed by atoms with Crippen LogP contribution in [0.15, 0.2) is 30.5 Å². The molecule has 2 amide bonds. The van der Waals surface area contributed by atoms with E-state index in [1.165, 1.54) is 0 Å².